The van der Waals surface area contributed by atoms with Crippen molar-refractivity contribution in [3.05, 3.63) is 41.8 Å². The van der Waals surface area contributed by atoms with Crippen molar-refractivity contribution in [2.75, 3.05) is 18.6 Å². The Morgan fingerprint density at radius 2 is 2.35 bits per heavy atom. The summed E-state index contributed by atoms with van der Waals surface area (Å²) in [6, 6.07) is 6.76. The number of benzene rings is 1. The van der Waals surface area contributed by atoms with Gasteiger partial charge in [-0.3, -0.25) is 5.10 Å². The van der Waals surface area contributed by atoms with Crippen molar-refractivity contribution in [3.8, 4) is 5.75 Å². The molecule has 0 amide bonds. The van der Waals surface area contributed by atoms with E-state index in [1.54, 1.807) is 25.4 Å². The Balaban J connectivity index is 1.83. The molecule has 0 unspecified atom stereocenters. The summed E-state index contributed by atoms with van der Waals surface area (Å²) in [5.74, 6) is 2.12. The molecule has 2 atom stereocenters. The second-order valence-corrected chi connectivity index (χ2v) is 5.55. The quantitative estimate of drug-likeness (QED) is 0.934. The molecule has 1 aliphatic carbocycles. The number of fused-ring (bicyclic) bond motifs is 1. The molecule has 0 radical (unpaired) electrons. The third-order valence-corrected chi connectivity index (χ3v) is 4.66. The molecule has 1 saturated heterocycles. The maximum Gasteiger partial charge on any atom is 0.124 e. The number of anilines is 1. The molecule has 2 aliphatic rings. The predicted molar refractivity (Wildman–Crippen MR) is 73.3 cm³/mol. The summed E-state index contributed by atoms with van der Waals surface area (Å²) in [5, 5.41) is 7.06. The lowest BCUT2D eigenvalue weighted by molar-refractivity contribution is 0.401. The third kappa shape index (κ3) is 1.43. The average Bonchev–Trinajstić information content (AvgIpc) is 2.84. The molecular weight excluding hydrogens is 257 g/mol. The topological polar surface area (TPSA) is 41.1 Å². The average molecular weight is 273 g/mol. The van der Waals surface area contributed by atoms with Crippen LogP contribution >= 0.6 is 0 Å². The third-order valence-electron chi connectivity index (χ3n) is 4.66. The number of aromatic nitrogens is 2. The van der Waals surface area contributed by atoms with Gasteiger partial charge in [0.05, 0.1) is 18.8 Å². The van der Waals surface area contributed by atoms with E-state index in [1.807, 2.05) is 6.07 Å². The molecule has 2 heterocycles. The van der Waals surface area contributed by atoms with Crippen molar-refractivity contribution in [1.82, 2.24) is 10.2 Å². The van der Waals surface area contributed by atoms with E-state index < -0.39 is 0 Å². The molecule has 1 N–H and O–H groups in total. The Labute approximate surface area is 116 Å². The Morgan fingerprint density at radius 1 is 1.45 bits per heavy atom. The van der Waals surface area contributed by atoms with E-state index in [-0.39, 0.29) is 11.4 Å². The molecule has 1 saturated carbocycles. The molecule has 5 heteroatoms. The van der Waals surface area contributed by atoms with E-state index >= 15 is 0 Å². The monoisotopic (exact) mass is 273 g/mol. The number of methoxy groups -OCH3 is 1. The fourth-order valence-electron chi connectivity index (χ4n) is 3.70. The van der Waals surface area contributed by atoms with Crippen molar-refractivity contribution < 1.29 is 9.13 Å². The van der Waals surface area contributed by atoms with Gasteiger partial charge in [-0.05, 0) is 37.0 Å². The maximum absolute atomic E-state index is 13.7. The van der Waals surface area contributed by atoms with E-state index in [4.69, 9.17) is 4.74 Å². The van der Waals surface area contributed by atoms with Crippen molar-refractivity contribution in [1.29, 1.82) is 0 Å². The van der Waals surface area contributed by atoms with Gasteiger partial charge in [-0.1, -0.05) is 0 Å². The highest BCUT2D eigenvalue weighted by Crippen LogP contribution is 2.64. The largest absolute Gasteiger partial charge is 0.496 e. The number of aromatic amines is 1. The first-order valence-corrected chi connectivity index (χ1v) is 6.87. The van der Waals surface area contributed by atoms with Gasteiger partial charge in [0.15, 0.2) is 0 Å². The zero-order chi connectivity index (χ0) is 13.7. The molecule has 104 valence electrons. The molecule has 2 aromatic rings. The van der Waals surface area contributed by atoms with Gasteiger partial charge in [0, 0.05) is 18.2 Å². The molecule has 0 bridgehead atoms. The second kappa shape index (κ2) is 3.98. The van der Waals surface area contributed by atoms with Crippen LogP contribution in [0.25, 0.3) is 0 Å². The van der Waals surface area contributed by atoms with Crippen LogP contribution in [0, 0.1) is 11.7 Å². The number of piperidine rings is 1. The summed E-state index contributed by atoms with van der Waals surface area (Å²) in [6.45, 7) is 0.965. The van der Waals surface area contributed by atoms with Crippen LogP contribution in [-0.4, -0.2) is 23.9 Å². The highest BCUT2D eigenvalue weighted by atomic mass is 19.1. The zero-order valence-electron chi connectivity index (χ0n) is 11.3. The Bertz CT molecular complexity index is 643. The van der Waals surface area contributed by atoms with Crippen molar-refractivity contribution in [2.45, 2.75) is 18.4 Å². The zero-order valence-corrected chi connectivity index (χ0v) is 11.3. The van der Waals surface area contributed by atoms with Gasteiger partial charge in [-0.2, -0.15) is 5.10 Å². The Hall–Kier alpha value is -2.04. The lowest BCUT2D eigenvalue weighted by atomic mass is 10.0. The highest BCUT2D eigenvalue weighted by molar-refractivity contribution is 5.57. The van der Waals surface area contributed by atoms with Gasteiger partial charge >= 0.3 is 0 Å². The number of nitrogens with zero attached hydrogens (tertiary/aromatic N) is 2. The number of hydrogen-bond donors (Lipinski definition) is 1. The minimum atomic E-state index is -0.211. The first kappa shape index (κ1) is 11.8. The van der Waals surface area contributed by atoms with Crippen LogP contribution < -0.4 is 9.64 Å². The fraction of sp³-hybridized carbons (Fsp3) is 0.400. The molecule has 0 spiro atoms. The summed E-state index contributed by atoms with van der Waals surface area (Å²) in [6.07, 6.45) is 3.92. The smallest absolute Gasteiger partial charge is 0.124 e. The summed E-state index contributed by atoms with van der Waals surface area (Å²) in [5.41, 5.74) is 0.831. The summed E-state index contributed by atoms with van der Waals surface area (Å²) in [7, 11) is 1.64. The standard InChI is InChI=1S/C15H16FN3O/c1-20-13-3-2-11(16)8-12(13)15-9-10(15)5-7-19(15)14-4-6-17-18-14/h2-4,6,8,10H,5,7,9H2,1H3,(H,17,18)/t10-,15+/m0/s1. The van der Waals surface area contributed by atoms with E-state index in [0.717, 1.165) is 36.5 Å². The van der Waals surface area contributed by atoms with E-state index in [9.17, 15) is 4.39 Å². The molecule has 20 heavy (non-hydrogen) atoms. The van der Waals surface area contributed by atoms with Gasteiger partial charge in [-0.25, -0.2) is 4.39 Å². The number of ether oxygens (including phenoxy) is 1. The number of hydrogen-bond acceptors (Lipinski definition) is 3. The minimum absolute atomic E-state index is 0.125. The highest BCUT2D eigenvalue weighted by Gasteiger charge is 2.64. The van der Waals surface area contributed by atoms with E-state index in [1.165, 1.54) is 6.07 Å². The number of H-pyrrole nitrogens is 1. The van der Waals surface area contributed by atoms with Crippen LogP contribution in [-0.2, 0) is 5.54 Å². The van der Waals surface area contributed by atoms with Gasteiger partial charge in [0.2, 0.25) is 0 Å². The lowest BCUT2D eigenvalue weighted by Crippen LogP contribution is -2.33. The first-order valence-electron chi connectivity index (χ1n) is 6.87. The number of halogens is 1. The Morgan fingerprint density at radius 3 is 3.05 bits per heavy atom. The van der Waals surface area contributed by atoms with E-state index in [0.29, 0.717) is 5.92 Å². The molecule has 2 fully saturated rings. The van der Waals surface area contributed by atoms with Crippen molar-refractivity contribution in [2.24, 2.45) is 5.92 Å². The van der Waals surface area contributed by atoms with Crippen LogP contribution in [0.15, 0.2) is 30.5 Å². The van der Waals surface area contributed by atoms with Crippen molar-refractivity contribution in [3.63, 3.8) is 0 Å². The summed E-state index contributed by atoms with van der Waals surface area (Å²) < 4.78 is 19.2. The maximum atomic E-state index is 13.7. The molecule has 1 aromatic heterocycles. The lowest BCUT2D eigenvalue weighted by Gasteiger charge is -2.30. The van der Waals surface area contributed by atoms with Gasteiger partial charge in [0.25, 0.3) is 0 Å². The van der Waals surface area contributed by atoms with Gasteiger partial charge < -0.3 is 9.64 Å². The van der Waals surface area contributed by atoms with E-state index in [2.05, 4.69) is 15.1 Å². The normalized spacial score (nSPS) is 27.5. The first-order chi connectivity index (χ1) is 9.75. The van der Waals surface area contributed by atoms with Crippen LogP contribution in [0.1, 0.15) is 18.4 Å². The minimum Gasteiger partial charge on any atom is -0.496 e. The van der Waals surface area contributed by atoms with Gasteiger partial charge in [0.1, 0.15) is 17.4 Å². The SMILES string of the molecule is COc1ccc(F)cc1[C@@]12C[C@@H]1CCN2c1ccn[nH]1. The van der Waals surface area contributed by atoms with Crippen molar-refractivity contribution >= 4 is 5.82 Å². The van der Waals surface area contributed by atoms with Crippen LogP contribution in [0.5, 0.6) is 5.75 Å². The molecule has 4 rings (SSSR count). The van der Waals surface area contributed by atoms with Gasteiger partial charge in [-0.15, -0.1) is 0 Å². The summed E-state index contributed by atoms with van der Waals surface area (Å²) in [4.78, 5) is 2.31. The number of nitrogens with one attached hydrogen (secondary N) is 1. The molecule has 1 aromatic carbocycles. The van der Waals surface area contributed by atoms with Crippen LogP contribution in [0.4, 0.5) is 10.2 Å². The summed E-state index contributed by atoms with van der Waals surface area (Å²) >= 11 is 0. The molecule has 1 aliphatic heterocycles. The molecule has 4 nitrogen and oxygen atoms in total. The predicted octanol–water partition coefficient (Wildman–Crippen LogP) is 2.68. The number of rotatable bonds is 3. The molecular formula is C15H16FN3O. The fourth-order valence-corrected chi connectivity index (χ4v) is 3.70. The second-order valence-electron chi connectivity index (χ2n) is 5.55. The Kier molecular flexibility index (Phi) is 2.34. The van der Waals surface area contributed by atoms with Crippen LogP contribution in [0.3, 0.4) is 0 Å². The van der Waals surface area contributed by atoms with Crippen LogP contribution in [0.2, 0.25) is 0 Å².